The van der Waals surface area contributed by atoms with Gasteiger partial charge in [0.15, 0.2) is 10.8 Å². The largest absolute Gasteiger partial charge is 0.444 e. The molecule has 1 aliphatic rings. The summed E-state index contributed by atoms with van der Waals surface area (Å²) in [4.78, 5) is 21.6. The molecule has 8 heteroatoms. The molecular weight excluding hydrogens is 306 g/mol. The highest BCUT2D eigenvalue weighted by Crippen LogP contribution is 2.19. The molecule has 1 aromatic heterocycles. The van der Waals surface area contributed by atoms with Crippen molar-refractivity contribution in [3.05, 3.63) is 17.0 Å². The standard InChI is InChI=1S/C14H18ClN5O2/c1-14(2,3)22-13(21)20-5-4-9(8-20)18-11-7-17-10(6-16)12(15)19-11/h7,9H,4-5,8H2,1-3H3,(H,18,19)/t9-/m1/s1. The van der Waals surface area contributed by atoms with Crippen LogP contribution in [-0.4, -0.2) is 45.7 Å². The van der Waals surface area contributed by atoms with Crippen LogP contribution in [0.1, 0.15) is 32.9 Å². The van der Waals surface area contributed by atoms with E-state index in [-0.39, 0.29) is 23.0 Å². The number of carbonyl (C=O) groups is 1. The Balaban J connectivity index is 1.93. The van der Waals surface area contributed by atoms with Crippen molar-refractivity contribution in [3.63, 3.8) is 0 Å². The normalized spacial score (nSPS) is 18.0. The molecule has 1 fully saturated rings. The van der Waals surface area contributed by atoms with Crippen LogP contribution in [0, 0.1) is 11.3 Å². The summed E-state index contributed by atoms with van der Waals surface area (Å²) in [5.74, 6) is 0.486. The first-order chi connectivity index (χ1) is 10.3. The van der Waals surface area contributed by atoms with Crippen molar-refractivity contribution in [2.24, 2.45) is 0 Å². The SMILES string of the molecule is CC(C)(C)OC(=O)N1CC[C@@H](Nc2cnc(C#N)c(Cl)n2)C1. The summed E-state index contributed by atoms with van der Waals surface area (Å²) in [6.45, 7) is 6.65. The van der Waals surface area contributed by atoms with Crippen LogP contribution < -0.4 is 5.32 Å². The van der Waals surface area contributed by atoms with Crippen molar-refractivity contribution < 1.29 is 9.53 Å². The van der Waals surface area contributed by atoms with Crippen molar-refractivity contribution in [3.8, 4) is 6.07 Å². The number of halogens is 1. The first kappa shape index (κ1) is 16.3. The zero-order chi connectivity index (χ0) is 16.3. The van der Waals surface area contributed by atoms with E-state index >= 15 is 0 Å². The molecule has 7 nitrogen and oxygen atoms in total. The van der Waals surface area contributed by atoms with Crippen LogP contribution in [0.4, 0.5) is 10.6 Å². The number of nitriles is 1. The molecule has 1 atom stereocenters. The lowest BCUT2D eigenvalue weighted by Gasteiger charge is -2.24. The summed E-state index contributed by atoms with van der Waals surface area (Å²) in [5, 5.41) is 12.0. The van der Waals surface area contributed by atoms with E-state index in [0.717, 1.165) is 6.42 Å². The summed E-state index contributed by atoms with van der Waals surface area (Å²) < 4.78 is 5.34. The Morgan fingerprint density at radius 3 is 2.91 bits per heavy atom. The topological polar surface area (TPSA) is 91.1 Å². The van der Waals surface area contributed by atoms with Crippen LogP contribution in [0.15, 0.2) is 6.20 Å². The Kier molecular flexibility index (Phi) is 4.71. The number of likely N-dealkylation sites (tertiary alicyclic amines) is 1. The average Bonchev–Trinajstić information content (AvgIpc) is 2.85. The smallest absolute Gasteiger partial charge is 0.410 e. The Hall–Kier alpha value is -2.07. The molecule has 118 valence electrons. The maximum atomic E-state index is 12.0. The van der Waals surface area contributed by atoms with Gasteiger partial charge in [-0.1, -0.05) is 11.6 Å². The van der Waals surface area contributed by atoms with Gasteiger partial charge < -0.3 is 15.0 Å². The maximum absolute atomic E-state index is 12.0. The fourth-order valence-electron chi connectivity index (χ4n) is 2.09. The summed E-state index contributed by atoms with van der Waals surface area (Å²) in [6.07, 6.45) is 1.92. The van der Waals surface area contributed by atoms with Crippen LogP contribution in [0.25, 0.3) is 0 Å². The Morgan fingerprint density at radius 2 is 2.32 bits per heavy atom. The van der Waals surface area contributed by atoms with Gasteiger partial charge in [-0.3, -0.25) is 0 Å². The molecule has 1 amide bonds. The van der Waals surface area contributed by atoms with Gasteiger partial charge in [-0.2, -0.15) is 5.26 Å². The lowest BCUT2D eigenvalue weighted by molar-refractivity contribution is 0.0293. The van der Waals surface area contributed by atoms with Crippen LogP contribution in [0.5, 0.6) is 0 Å². The van der Waals surface area contributed by atoms with E-state index in [1.165, 1.54) is 6.20 Å². The fourth-order valence-corrected chi connectivity index (χ4v) is 2.27. The molecule has 0 aliphatic carbocycles. The van der Waals surface area contributed by atoms with E-state index in [0.29, 0.717) is 18.9 Å². The lowest BCUT2D eigenvalue weighted by atomic mass is 10.2. The summed E-state index contributed by atoms with van der Waals surface area (Å²) >= 11 is 5.85. The van der Waals surface area contributed by atoms with Gasteiger partial charge in [-0.15, -0.1) is 0 Å². The minimum Gasteiger partial charge on any atom is -0.444 e. The minimum absolute atomic E-state index is 0.0471. The Morgan fingerprint density at radius 1 is 1.59 bits per heavy atom. The molecule has 1 aromatic rings. The molecule has 1 saturated heterocycles. The third-order valence-electron chi connectivity index (χ3n) is 3.03. The van der Waals surface area contributed by atoms with Crippen molar-refractivity contribution in [1.29, 1.82) is 5.26 Å². The highest BCUT2D eigenvalue weighted by atomic mass is 35.5. The van der Waals surface area contributed by atoms with Crippen molar-refractivity contribution >= 4 is 23.5 Å². The number of rotatable bonds is 2. The quantitative estimate of drug-likeness (QED) is 0.898. The van der Waals surface area contributed by atoms with Crippen LogP contribution >= 0.6 is 11.6 Å². The number of aromatic nitrogens is 2. The molecule has 0 aromatic carbocycles. The van der Waals surface area contributed by atoms with E-state index < -0.39 is 5.60 Å². The summed E-state index contributed by atoms with van der Waals surface area (Å²) in [7, 11) is 0. The molecule has 2 rings (SSSR count). The molecule has 0 radical (unpaired) electrons. The zero-order valence-electron chi connectivity index (χ0n) is 12.8. The molecule has 2 heterocycles. The number of ether oxygens (including phenoxy) is 1. The van der Waals surface area contributed by atoms with Gasteiger partial charge in [0.05, 0.1) is 6.20 Å². The number of anilines is 1. The van der Waals surface area contributed by atoms with Gasteiger partial charge in [0.1, 0.15) is 17.5 Å². The first-order valence-corrected chi connectivity index (χ1v) is 7.33. The fraction of sp³-hybridized carbons (Fsp3) is 0.571. The molecule has 0 bridgehead atoms. The van der Waals surface area contributed by atoms with Gasteiger partial charge in [0, 0.05) is 19.1 Å². The van der Waals surface area contributed by atoms with Crippen molar-refractivity contribution in [2.75, 3.05) is 18.4 Å². The molecule has 1 aliphatic heterocycles. The third-order valence-corrected chi connectivity index (χ3v) is 3.29. The monoisotopic (exact) mass is 323 g/mol. The van der Waals surface area contributed by atoms with Crippen molar-refractivity contribution in [2.45, 2.75) is 38.8 Å². The number of carbonyl (C=O) groups excluding carboxylic acids is 1. The number of nitrogens with one attached hydrogen (secondary N) is 1. The molecule has 0 saturated carbocycles. The molecule has 0 unspecified atom stereocenters. The average molecular weight is 324 g/mol. The summed E-state index contributed by atoms with van der Waals surface area (Å²) in [5.41, 5.74) is -0.414. The van der Waals surface area contributed by atoms with Gasteiger partial charge in [-0.25, -0.2) is 14.8 Å². The highest BCUT2D eigenvalue weighted by Gasteiger charge is 2.29. The van der Waals surface area contributed by atoms with Crippen LogP contribution in [0.3, 0.4) is 0 Å². The van der Waals surface area contributed by atoms with Crippen LogP contribution in [-0.2, 0) is 4.74 Å². The first-order valence-electron chi connectivity index (χ1n) is 6.95. The summed E-state index contributed by atoms with van der Waals surface area (Å²) in [6, 6.07) is 1.90. The van der Waals surface area contributed by atoms with E-state index in [1.807, 2.05) is 26.8 Å². The van der Waals surface area contributed by atoms with Crippen LogP contribution in [0.2, 0.25) is 5.15 Å². The molecule has 22 heavy (non-hydrogen) atoms. The maximum Gasteiger partial charge on any atom is 0.410 e. The molecule has 0 spiro atoms. The minimum atomic E-state index is -0.505. The predicted octanol–water partition coefficient (Wildman–Crippen LogP) is 2.42. The lowest BCUT2D eigenvalue weighted by Crippen LogP contribution is -2.36. The second-order valence-corrected chi connectivity index (χ2v) is 6.42. The third kappa shape index (κ3) is 4.21. The van der Waals surface area contributed by atoms with Crippen molar-refractivity contribution in [1.82, 2.24) is 14.9 Å². The van der Waals surface area contributed by atoms with Gasteiger partial charge in [0.2, 0.25) is 0 Å². The van der Waals surface area contributed by atoms with Gasteiger partial charge in [0.25, 0.3) is 0 Å². The highest BCUT2D eigenvalue weighted by molar-refractivity contribution is 6.30. The number of hydrogen-bond acceptors (Lipinski definition) is 6. The van der Waals surface area contributed by atoms with E-state index in [2.05, 4.69) is 15.3 Å². The number of nitrogens with zero attached hydrogens (tertiary/aromatic N) is 4. The molecule has 1 N–H and O–H groups in total. The van der Waals surface area contributed by atoms with E-state index in [9.17, 15) is 4.79 Å². The van der Waals surface area contributed by atoms with E-state index in [1.54, 1.807) is 4.90 Å². The second kappa shape index (κ2) is 6.36. The molecular formula is C14H18ClN5O2. The Bertz CT molecular complexity index is 608. The number of amides is 1. The number of hydrogen-bond donors (Lipinski definition) is 1. The van der Waals surface area contributed by atoms with Gasteiger partial charge in [-0.05, 0) is 27.2 Å². The second-order valence-electron chi connectivity index (χ2n) is 6.06. The van der Waals surface area contributed by atoms with E-state index in [4.69, 9.17) is 21.6 Å². The zero-order valence-corrected chi connectivity index (χ0v) is 13.5. The van der Waals surface area contributed by atoms with Gasteiger partial charge >= 0.3 is 6.09 Å². The predicted molar refractivity (Wildman–Crippen MR) is 81.6 cm³/mol. The Labute approximate surface area is 134 Å².